The Morgan fingerprint density at radius 2 is 1.59 bits per heavy atom. The van der Waals surface area contributed by atoms with Crippen LogP contribution in [0.15, 0.2) is 30.3 Å². The molecule has 0 spiro atoms. The van der Waals surface area contributed by atoms with E-state index in [4.69, 9.17) is 28.4 Å². The van der Waals surface area contributed by atoms with E-state index >= 15 is 0 Å². The number of hydrogen-bond donors (Lipinski definition) is 3. The topological polar surface area (TPSA) is 143 Å². The van der Waals surface area contributed by atoms with E-state index in [1.807, 2.05) is 44.2 Å². The van der Waals surface area contributed by atoms with Gasteiger partial charge in [0.2, 0.25) is 11.8 Å². The minimum Gasteiger partial charge on any atom is -0.444 e. The Bertz CT molecular complexity index is 1100. The molecule has 12 nitrogen and oxygen atoms in total. The van der Waals surface area contributed by atoms with Crippen LogP contribution in [0.3, 0.4) is 0 Å². The second kappa shape index (κ2) is 11.8. The molecule has 0 aromatic heterocycles. The third kappa shape index (κ3) is 8.16. The van der Waals surface area contributed by atoms with Crippen molar-refractivity contribution in [2.24, 2.45) is 0 Å². The third-order valence-corrected chi connectivity index (χ3v) is 6.81. The van der Waals surface area contributed by atoms with Crippen LogP contribution in [0.1, 0.15) is 61.0 Å². The van der Waals surface area contributed by atoms with Crippen LogP contribution in [0.2, 0.25) is 0 Å². The Morgan fingerprint density at radius 1 is 0.927 bits per heavy atom. The van der Waals surface area contributed by atoms with Gasteiger partial charge in [-0.2, -0.15) is 0 Å². The number of benzene rings is 1. The van der Waals surface area contributed by atoms with Gasteiger partial charge in [-0.3, -0.25) is 9.59 Å². The molecule has 2 unspecified atom stereocenters. The summed E-state index contributed by atoms with van der Waals surface area (Å²) in [5.74, 6) is -2.67. The van der Waals surface area contributed by atoms with Crippen LogP contribution < -0.4 is 16.0 Å². The summed E-state index contributed by atoms with van der Waals surface area (Å²) < 4.78 is 35.4. The van der Waals surface area contributed by atoms with Gasteiger partial charge in [-0.05, 0) is 61.0 Å². The van der Waals surface area contributed by atoms with Gasteiger partial charge in [0.25, 0.3) is 0 Å². The number of alkyl carbamates (subject to hydrolysis) is 1. The van der Waals surface area contributed by atoms with Crippen molar-refractivity contribution in [1.29, 1.82) is 0 Å². The van der Waals surface area contributed by atoms with Crippen molar-refractivity contribution in [1.82, 2.24) is 16.0 Å². The fourth-order valence-corrected chi connectivity index (χ4v) is 5.08. The van der Waals surface area contributed by atoms with Crippen molar-refractivity contribution in [2.75, 3.05) is 6.61 Å². The lowest BCUT2D eigenvalue weighted by Crippen LogP contribution is -2.56. The molecule has 1 aromatic rings. The highest BCUT2D eigenvalue weighted by Gasteiger charge is 2.59. The predicted molar refractivity (Wildman–Crippen MR) is 146 cm³/mol. The molecule has 3 aliphatic heterocycles. The molecular weight excluding hydrogens is 534 g/mol. The maximum atomic E-state index is 13.3. The van der Waals surface area contributed by atoms with Crippen molar-refractivity contribution in [3.05, 3.63) is 35.9 Å². The molecule has 3 fully saturated rings. The molecule has 3 N–H and O–H groups in total. The van der Waals surface area contributed by atoms with Crippen LogP contribution >= 0.6 is 0 Å². The molecule has 3 aliphatic rings. The number of carbonyl (C=O) groups is 3. The SMILES string of the molecule is C[C@H](NC(=O)[C@H](Cc1ccccc1)NC(=O)OC(C)(C)C)C(=O)NC1O[C@H](C2COC(C)(C)O2)[C@@H]2OC(C)(C)O[C@H]12. The minimum absolute atomic E-state index is 0.206. The second-order valence-corrected chi connectivity index (χ2v) is 12.6. The van der Waals surface area contributed by atoms with Crippen LogP contribution in [-0.2, 0) is 44.4 Å². The smallest absolute Gasteiger partial charge is 0.408 e. The molecule has 0 radical (unpaired) electrons. The van der Waals surface area contributed by atoms with E-state index in [9.17, 15) is 14.4 Å². The zero-order valence-corrected chi connectivity index (χ0v) is 25.0. The maximum Gasteiger partial charge on any atom is 0.408 e. The Labute approximate surface area is 241 Å². The molecule has 41 heavy (non-hydrogen) atoms. The first-order chi connectivity index (χ1) is 19.0. The fraction of sp³-hybridized carbons (Fsp3) is 0.690. The second-order valence-electron chi connectivity index (χ2n) is 12.6. The van der Waals surface area contributed by atoms with Crippen molar-refractivity contribution in [2.45, 2.75) is 122 Å². The van der Waals surface area contributed by atoms with E-state index in [2.05, 4.69) is 16.0 Å². The average Bonchev–Trinajstić information content (AvgIpc) is 3.47. The van der Waals surface area contributed by atoms with Crippen molar-refractivity contribution < 1.29 is 42.8 Å². The molecule has 0 saturated carbocycles. The molecule has 228 valence electrons. The molecule has 3 amide bonds. The lowest BCUT2D eigenvalue weighted by Gasteiger charge is -2.28. The van der Waals surface area contributed by atoms with Crippen LogP contribution in [0, 0.1) is 0 Å². The monoisotopic (exact) mass is 577 g/mol. The summed E-state index contributed by atoms with van der Waals surface area (Å²) in [5, 5.41) is 8.17. The van der Waals surface area contributed by atoms with E-state index in [0.29, 0.717) is 6.61 Å². The molecule has 12 heteroatoms. The first-order valence-electron chi connectivity index (χ1n) is 14.0. The van der Waals surface area contributed by atoms with Gasteiger partial charge in [0.05, 0.1) is 6.61 Å². The lowest BCUT2D eigenvalue weighted by atomic mass is 10.0. The van der Waals surface area contributed by atoms with Gasteiger partial charge in [-0.15, -0.1) is 0 Å². The predicted octanol–water partition coefficient (Wildman–Crippen LogP) is 2.14. The van der Waals surface area contributed by atoms with Gasteiger partial charge in [-0.1, -0.05) is 30.3 Å². The summed E-state index contributed by atoms with van der Waals surface area (Å²) in [6.45, 7) is 14.3. The molecule has 3 saturated heterocycles. The molecule has 7 atom stereocenters. The average molecular weight is 578 g/mol. The quantitative estimate of drug-likeness (QED) is 0.424. The lowest BCUT2D eigenvalue weighted by molar-refractivity contribution is -0.209. The first kappa shape index (κ1) is 31.2. The normalized spacial score (nSPS) is 29.7. The summed E-state index contributed by atoms with van der Waals surface area (Å²) in [6.07, 6.45) is -3.39. The maximum absolute atomic E-state index is 13.3. The zero-order chi connectivity index (χ0) is 30.2. The van der Waals surface area contributed by atoms with Gasteiger partial charge in [0, 0.05) is 6.42 Å². The van der Waals surface area contributed by atoms with Crippen LogP contribution in [0.5, 0.6) is 0 Å². The van der Waals surface area contributed by atoms with Crippen molar-refractivity contribution >= 4 is 17.9 Å². The zero-order valence-electron chi connectivity index (χ0n) is 25.0. The van der Waals surface area contributed by atoms with Gasteiger partial charge in [0.1, 0.15) is 42.1 Å². The summed E-state index contributed by atoms with van der Waals surface area (Å²) >= 11 is 0. The number of carbonyl (C=O) groups excluding carboxylic acids is 3. The number of nitrogens with one attached hydrogen (secondary N) is 3. The van der Waals surface area contributed by atoms with Crippen molar-refractivity contribution in [3.63, 3.8) is 0 Å². The van der Waals surface area contributed by atoms with Crippen molar-refractivity contribution in [3.8, 4) is 0 Å². The van der Waals surface area contributed by atoms with E-state index in [0.717, 1.165) is 5.56 Å². The number of rotatable bonds is 8. The first-order valence-corrected chi connectivity index (χ1v) is 14.0. The Morgan fingerprint density at radius 3 is 2.20 bits per heavy atom. The van der Waals surface area contributed by atoms with Gasteiger partial charge >= 0.3 is 6.09 Å². The summed E-state index contributed by atoms with van der Waals surface area (Å²) in [6, 6.07) is 7.31. The summed E-state index contributed by atoms with van der Waals surface area (Å²) in [5.41, 5.74) is 0.0909. The Balaban J connectivity index is 1.40. The molecule has 1 aromatic carbocycles. The molecule has 3 heterocycles. The largest absolute Gasteiger partial charge is 0.444 e. The molecular formula is C29H43N3O9. The summed E-state index contributed by atoms with van der Waals surface area (Å²) in [7, 11) is 0. The summed E-state index contributed by atoms with van der Waals surface area (Å²) in [4.78, 5) is 39.0. The Hall–Kier alpha value is -2.77. The number of fused-ring (bicyclic) bond motifs is 1. The highest BCUT2D eigenvalue weighted by atomic mass is 16.8. The number of amides is 3. The van der Waals surface area contributed by atoms with E-state index in [1.54, 1.807) is 41.5 Å². The van der Waals surface area contributed by atoms with Gasteiger partial charge < -0.3 is 44.4 Å². The number of ether oxygens (including phenoxy) is 6. The standard InChI is InChI=1S/C29H43N3O9/c1-16(30-24(34)18(14-17-12-10-9-11-13-17)31-26(35)41-27(2,3)4)23(33)32-25-22-21(39-29(7,8)40-22)20(37-25)19-15-36-28(5,6)38-19/h9-13,16,18-22,25H,14-15H2,1-8H3,(H,30,34)(H,31,35)(H,32,33)/t16-,18-,19?,20+,21-,22-,25?/m0/s1. The van der Waals surface area contributed by atoms with Crippen LogP contribution in [0.25, 0.3) is 0 Å². The third-order valence-electron chi connectivity index (χ3n) is 6.81. The van der Waals surface area contributed by atoms with Gasteiger partial charge in [0.15, 0.2) is 17.8 Å². The Kier molecular flexibility index (Phi) is 9.01. The highest BCUT2D eigenvalue weighted by molar-refractivity contribution is 5.91. The van der Waals surface area contributed by atoms with Crippen LogP contribution in [-0.4, -0.2) is 84.4 Å². The van der Waals surface area contributed by atoms with E-state index in [1.165, 1.54) is 0 Å². The van der Waals surface area contributed by atoms with E-state index < -0.39 is 77.8 Å². The minimum atomic E-state index is -0.978. The van der Waals surface area contributed by atoms with Crippen LogP contribution in [0.4, 0.5) is 4.79 Å². The van der Waals surface area contributed by atoms with Gasteiger partial charge in [-0.25, -0.2) is 4.79 Å². The molecule has 0 bridgehead atoms. The fourth-order valence-electron chi connectivity index (χ4n) is 5.08. The van der Waals surface area contributed by atoms with E-state index in [-0.39, 0.29) is 6.42 Å². The molecule has 0 aliphatic carbocycles. The molecule has 4 rings (SSSR count). The highest BCUT2D eigenvalue weighted by Crippen LogP contribution is 2.41. The number of hydrogen-bond acceptors (Lipinski definition) is 9.